The van der Waals surface area contributed by atoms with Gasteiger partial charge in [-0.25, -0.2) is 0 Å². The summed E-state index contributed by atoms with van der Waals surface area (Å²) in [5.74, 6) is -0.273. The first-order valence-electron chi connectivity index (χ1n) is 5.49. The second kappa shape index (κ2) is 5.27. The van der Waals surface area contributed by atoms with Crippen molar-refractivity contribution < 1.29 is 17.9 Å². The molecular weight excluding hydrogens is 257 g/mol. The predicted molar refractivity (Wildman–Crippen MR) is 64.2 cm³/mol. The van der Waals surface area contributed by atoms with E-state index in [0.29, 0.717) is 17.8 Å². The molecule has 1 aromatic heterocycles. The Labute approximate surface area is 107 Å². The summed E-state index contributed by atoms with van der Waals surface area (Å²) in [6.45, 7) is 0.342. The maximum Gasteiger partial charge on any atom is 0.573 e. The van der Waals surface area contributed by atoms with E-state index in [0.717, 1.165) is 5.56 Å². The third-order valence-corrected chi connectivity index (χ3v) is 2.42. The molecule has 0 aliphatic carbocycles. The minimum atomic E-state index is -4.70. The number of hydrogen-bond acceptors (Lipinski definition) is 3. The van der Waals surface area contributed by atoms with Gasteiger partial charge in [-0.3, -0.25) is 4.98 Å². The van der Waals surface area contributed by atoms with Gasteiger partial charge in [0.2, 0.25) is 0 Å². The second-order valence-electron chi connectivity index (χ2n) is 3.83. The Bertz CT molecular complexity index is 570. The van der Waals surface area contributed by atoms with Gasteiger partial charge in [0, 0.05) is 18.3 Å². The van der Waals surface area contributed by atoms with Crippen molar-refractivity contribution in [3.63, 3.8) is 0 Å². The second-order valence-corrected chi connectivity index (χ2v) is 3.83. The summed E-state index contributed by atoms with van der Waals surface area (Å²) in [6, 6.07) is 9.14. The molecule has 0 saturated carbocycles. The van der Waals surface area contributed by atoms with E-state index in [4.69, 9.17) is 5.73 Å². The maximum atomic E-state index is 12.1. The quantitative estimate of drug-likeness (QED) is 0.930. The molecule has 19 heavy (non-hydrogen) atoms. The van der Waals surface area contributed by atoms with Crippen molar-refractivity contribution in [2.24, 2.45) is 5.73 Å². The van der Waals surface area contributed by atoms with Gasteiger partial charge in [0.1, 0.15) is 5.75 Å². The first-order chi connectivity index (χ1) is 8.98. The van der Waals surface area contributed by atoms with Crippen molar-refractivity contribution in [3.05, 3.63) is 48.2 Å². The molecule has 1 aromatic carbocycles. The van der Waals surface area contributed by atoms with Crippen molar-refractivity contribution in [2.75, 3.05) is 0 Å². The third-order valence-electron chi connectivity index (χ3n) is 2.42. The van der Waals surface area contributed by atoms with Crippen molar-refractivity contribution in [3.8, 4) is 17.0 Å². The number of ether oxygens (including phenoxy) is 1. The van der Waals surface area contributed by atoms with Gasteiger partial charge in [-0.2, -0.15) is 0 Å². The lowest BCUT2D eigenvalue weighted by Gasteiger charge is -2.10. The van der Waals surface area contributed by atoms with E-state index >= 15 is 0 Å². The molecule has 6 heteroatoms. The van der Waals surface area contributed by atoms with Gasteiger partial charge in [-0.15, -0.1) is 13.2 Å². The lowest BCUT2D eigenvalue weighted by Crippen LogP contribution is -2.17. The molecular formula is C13H11F3N2O. The Morgan fingerprint density at radius 2 is 1.95 bits per heavy atom. The first kappa shape index (κ1) is 13.4. The highest BCUT2D eigenvalue weighted by molar-refractivity contribution is 5.61. The van der Waals surface area contributed by atoms with Gasteiger partial charge in [-0.1, -0.05) is 12.1 Å². The summed E-state index contributed by atoms with van der Waals surface area (Å²) in [5.41, 5.74) is 7.45. The summed E-state index contributed by atoms with van der Waals surface area (Å²) >= 11 is 0. The van der Waals surface area contributed by atoms with E-state index in [2.05, 4.69) is 9.72 Å². The molecule has 0 fully saturated rings. The molecule has 0 bridgehead atoms. The van der Waals surface area contributed by atoms with Crippen LogP contribution >= 0.6 is 0 Å². The zero-order chi connectivity index (χ0) is 13.9. The molecule has 0 atom stereocenters. The van der Waals surface area contributed by atoms with Crippen LogP contribution in [0.25, 0.3) is 11.3 Å². The minimum absolute atomic E-state index is 0.273. The number of benzene rings is 1. The maximum absolute atomic E-state index is 12.1. The topological polar surface area (TPSA) is 48.1 Å². The molecule has 0 saturated heterocycles. The lowest BCUT2D eigenvalue weighted by atomic mass is 10.1. The van der Waals surface area contributed by atoms with Crippen LogP contribution in [0.4, 0.5) is 13.2 Å². The van der Waals surface area contributed by atoms with Crippen LogP contribution in [0.2, 0.25) is 0 Å². The summed E-state index contributed by atoms with van der Waals surface area (Å²) < 4.78 is 40.3. The van der Waals surface area contributed by atoms with Gasteiger partial charge < -0.3 is 10.5 Å². The Morgan fingerprint density at radius 1 is 1.16 bits per heavy atom. The summed E-state index contributed by atoms with van der Waals surface area (Å²) in [7, 11) is 0. The predicted octanol–water partition coefficient (Wildman–Crippen LogP) is 3.11. The number of hydrogen-bond donors (Lipinski definition) is 1. The molecule has 0 amide bonds. The molecule has 0 aliphatic rings. The van der Waals surface area contributed by atoms with Crippen LogP contribution in [0.1, 0.15) is 5.56 Å². The van der Waals surface area contributed by atoms with Crippen molar-refractivity contribution in [1.29, 1.82) is 0 Å². The fourth-order valence-electron chi connectivity index (χ4n) is 1.61. The van der Waals surface area contributed by atoms with Crippen molar-refractivity contribution in [2.45, 2.75) is 12.9 Å². The van der Waals surface area contributed by atoms with Gasteiger partial charge in [0.05, 0.1) is 5.69 Å². The minimum Gasteiger partial charge on any atom is -0.406 e. The van der Waals surface area contributed by atoms with E-state index in [-0.39, 0.29) is 5.75 Å². The van der Waals surface area contributed by atoms with Gasteiger partial charge >= 0.3 is 6.36 Å². The highest BCUT2D eigenvalue weighted by Gasteiger charge is 2.31. The number of pyridine rings is 1. The van der Waals surface area contributed by atoms with E-state index in [1.54, 1.807) is 24.4 Å². The largest absolute Gasteiger partial charge is 0.573 e. The Morgan fingerprint density at radius 3 is 2.63 bits per heavy atom. The number of halogens is 3. The molecule has 2 aromatic rings. The molecule has 1 heterocycles. The Hall–Kier alpha value is -2.08. The molecule has 0 radical (unpaired) electrons. The Kier molecular flexibility index (Phi) is 3.71. The van der Waals surface area contributed by atoms with Crippen LogP contribution in [-0.2, 0) is 6.54 Å². The van der Waals surface area contributed by atoms with Gasteiger partial charge in [0.15, 0.2) is 0 Å². The number of nitrogens with zero attached hydrogens (tertiary/aromatic N) is 1. The van der Waals surface area contributed by atoms with Crippen LogP contribution in [-0.4, -0.2) is 11.3 Å². The van der Waals surface area contributed by atoms with Crippen molar-refractivity contribution in [1.82, 2.24) is 4.98 Å². The van der Waals surface area contributed by atoms with Crippen LogP contribution in [0.3, 0.4) is 0 Å². The number of aromatic nitrogens is 1. The zero-order valence-electron chi connectivity index (χ0n) is 9.82. The van der Waals surface area contributed by atoms with Crippen LogP contribution in [0.5, 0.6) is 5.75 Å². The zero-order valence-corrected chi connectivity index (χ0v) is 9.82. The van der Waals surface area contributed by atoms with E-state index in [9.17, 15) is 13.2 Å². The fraction of sp³-hybridized carbons (Fsp3) is 0.154. The first-order valence-corrected chi connectivity index (χ1v) is 5.49. The molecule has 0 spiro atoms. The summed E-state index contributed by atoms with van der Waals surface area (Å²) in [5, 5.41) is 0. The molecule has 0 aliphatic heterocycles. The molecule has 0 unspecified atom stereocenters. The van der Waals surface area contributed by atoms with Crippen molar-refractivity contribution >= 4 is 0 Å². The SMILES string of the molecule is NCc1ccnc(-c2cccc(OC(F)(F)F)c2)c1. The van der Waals surface area contributed by atoms with E-state index < -0.39 is 6.36 Å². The number of rotatable bonds is 3. The van der Waals surface area contributed by atoms with Gasteiger partial charge in [-0.05, 0) is 29.8 Å². The third kappa shape index (κ3) is 3.69. The summed E-state index contributed by atoms with van der Waals surface area (Å²) in [6.07, 6.45) is -3.14. The van der Waals surface area contributed by atoms with Crippen LogP contribution in [0.15, 0.2) is 42.6 Å². The lowest BCUT2D eigenvalue weighted by molar-refractivity contribution is -0.274. The smallest absolute Gasteiger partial charge is 0.406 e. The molecule has 2 rings (SSSR count). The van der Waals surface area contributed by atoms with E-state index in [1.165, 1.54) is 18.2 Å². The molecule has 2 N–H and O–H groups in total. The average molecular weight is 268 g/mol. The molecule has 100 valence electrons. The monoisotopic (exact) mass is 268 g/mol. The molecule has 3 nitrogen and oxygen atoms in total. The summed E-state index contributed by atoms with van der Waals surface area (Å²) in [4.78, 5) is 4.10. The van der Waals surface area contributed by atoms with Crippen LogP contribution < -0.4 is 10.5 Å². The fourth-order valence-corrected chi connectivity index (χ4v) is 1.61. The normalized spacial score (nSPS) is 11.4. The number of alkyl halides is 3. The Balaban J connectivity index is 2.32. The van der Waals surface area contributed by atoms with E-state index in [1.807, 2.05) is 0 Å². The average Bonchev–Trinajstić information content (AvgIpc) is 2.37. The standard InChI is InChI=1S/C13H11F3N2O/c14-13(15,16)19-11-3-1-2-10(7-11)12-6-9(8-17)4-5-18-12/h1-7H,8,17H2. The van der Waals surface area contributed by atoms with Gasteiger partial charge in [0.25, 0.3) is 0 Å². The number of nitrogens with two attached hydrogens (primary N) is 1. The van der Waals surface area contributed by atoms with Crippen LogP contribution in [0, 0.1) is 0 Å². The highest BCUT2D eigenvalue weighted by atomic mass is 19.4. The highest BCUT2D eigenvalue weighted by Crippen LogP contribution is 2.27.